The SMILES string of the molecule is O=C(O)c1cc(Br)c(C(F)F)c(CCl)n1. The van der Waals surface area contributed by atoms with Gasteiger partial charge in [-0.1, -0.05) is 15.9 Å². The smallest absolute Gasteiger partial charge is 0.354 e. The van der Waals surface area contributed by atoms with Gasteiger partial charge in [-0.2, -0.15) is 0 Å². The molecule has 0 fully saturated rings. The van der Waals surface area contributed by atoms with Gasteiger partial charge in [0.2, 0.25) is 0 Å². The monoisotopic (exact) mass is 299 g/mol. The molecule has 0 saturated carbocycles. The first-order valence-electron chi connectivity index (χ1n) is 3.74. The number of hydrogen-bond donors (Lipinski definition) is 1. The number of aromatic carboxylic acids is 1. The molecule has 0 amide bonds. The number of nitrogens with zero attached hydrogens (tertiary/aromatic N) is 1. The minimum atomic E-state index is -2.75. The number of carboxylic acid groups (broad SMARTS) is 1. The lowest BCUT2D eigenvalue weighted by Crippen LogP contribution is -2.06. The van der Waals surface area contributed by atoms with Crippen LogP contribution in [-0.4, -0.2) is 16.1 Å². The van der Waals surface area contributed by atoms with Gasteiger partial charge in [-0.25, -0.2) is 18.6 Å². The number of halogens is 4. The van der Waals surface area contributed by atoms with Gasteiger partial charge >= 0.3 is 5.97 Å². The van der Waals surface area contributed by atoms with Crippen molar-refractivity contribution in [3.63, 3.8) is 0 Å². The van der Waals surface area contributed by atoms with Crippen molar-refractivity contribution in [2.75, 3.05) is 0 Å². The Morgan fingerprint density at radius 1 is 1.67 bits per heavy atom. The number of pyridine rings is 1. The van der Waals surface area contributed by atoms with E-state index in [1.165, 1.54) is 0 Å². The van der Waals surface area contributed by atoms with Gasteiger partial charge in [0.1, 0.15) is 5.69 Å². The summed E-state index contributed by atoms with van der Waals surface area (Å²) in [6.07, 6.45) is -2.75. The Balaban J connectivity index is 3.37. The molecular weight excluding hydrogens is 295 g/mol. The Labute approximate surface area is 97.2 Å². The second kappa shape index (κ2) is 4.85. The average molecular weight is 300 g/mol. The third-order valence-electron chi connectivity index (χ3n) is 1.65. The number of hydrogen-bond acceptors (Lipinski definition) is 2. The first-order valence-corrected chi connectivity index (χ1v) is 5.06. The zero-order valence-corrected chi connectivity index (χ0v) is 9.52. The predicted molar refractivity (Wildman–Crippen MR) is 53.4 cm³/mol. The van der Waals surface area contributed by atoms with Gasteiger partial charge < -0.3 is 5.11 Å². The standard InChI is InChI=1S/C8H5BrClF2NO2/c9-3-1-4(8(14)15)13-5(2-10)6(3)7(11)12/h1,7H,2H2,(H,14,15). The van der Waals surface area contributed by atoms with Crippen LogP contribution in [-0.2, 0) is 5.88 Å². The quantitative estimate of drug-likeness (QED) is 0.872. The highest BCUT2D eigenvalue weighted by molar-refractivity contribution is 9.10. The number of rotatable bonds is 3. The van der Waals surface area contributed by atoms with Crippen molar-refractivity contribution in [1.82, 2.24) is 4.98 Å². The van der Waals surface area contributed by atoms with E-state index in [1.54, 1.807) is 0 Å². The van der Waals surface area contributed by atoms with Gasteiger partial charge in [0.15, 0.2) is 0 Å². The molecule has 82 valence electrons. The highest BCUT2D eigenvalue weighted by atomic mass is 79.9. The van der Waals surface area contributed by atoms with E-state index in [2.05, 4.69) is 20.9 Å². The Kier molecular flexibility index (Phi) is 3.98. The van der Waals surface area contributed by atoms with E-state index in [4.69, 9.17) is 16.7 Å². The highest BCUT2D eigenvalue weighted by Crippen LogP contribution is 2.31. The fourth-order valence-electron chi connectivity index (χ4n) is 1.02. The molecule has 7 heteroatoms. The molecule has 1 heterocycles. The summed E-state index contributed by atoms with van der Waals surface area (Å²) in [5.74, 6) is -1.55. The van der Waals surface area contributed by atoms with Crippen LogP contribution < -0.4 is 0 Å². The molecule has 0 bridgehead atoms. The van der Waals surface area contributed by atoms with Crippen molar-refractivity contribution in [2.24, 2.45) is 0 Å². The summed E-state index contributed by atoms with van der Waals surface area (Å²) in [6, 6.07) is 1.03. The van der Waals surface area contributed by atoms with E-state index in [9.17, 15) is 13.6 Å². The largest absolute Gasteiger partial charge is 0.477 e. The maximum atomic E-state index is 12.5. The van der Waals surface area contributed by atoms with E-state index in [-0.39, 0.29) is 27.3 Å². The number of alkyl halides is 3. The fourth-order valence-corrected chi connectivity index (χ4v) is 1.84. The van der Waals surface area contributed by atoms with E-state index in [0.29, 0.717) is 0 Å². The summed E-state index contributed by atoms with van der Waals surface area (Å²) >= 11 is 8.28. The third-order valence-corrected chi connectivity index (χ3v) is 2.56. The van der Waals surface area contributed by atoms with Crippen LogP contribution in [0, 0.1) is 0 Å². The Bertz CT molecular complexity index is 400. The summed E-state index contributed by atoms with van der Waals surface area (Å²) in [7, 11) is 0. The average Bonchev–Trinajstić information content (AvgIpc) is 2.15. The van der Waals surface area contributed by atoms with Gasteiger partial charge in [-0.3, -0.25) is 0 Å². The maximum Gasteiger partial charge on any atom is 0.354 e. The lowest BCUT2D eigenvalue weighted by atomic mass is 10.2. The van der Waals surface area contributed by atoms with Crippen molar-refractivity contribution >= 4 is 33.5 Å². The molecule has 0 spiro atoms. The van der Waals surface area contributed by atoms with Crippen LogP contribution in [0.15, 0.2) is 10.5 Å². The van der Waals surface area contributed by atoms with Crippen molar-refractivity contribution in [3.8, 4) is 0 Å². The normalized spacial score (nSPS) is 10.7. The van der Waals surface area contributed by atoms with Gasteiger partial charge in [-0.15, -0.1) is 11.6 Å². The molecule has 0 saturated heterocycles. The van der Waals surface area contributed by atoms with Crippen LogP contribution in [0.4, 0.5) is 8.78 Å². The van der Waals surface area contributed by atoms with Crippen LogP contribution in [0.25, 0.3) is 0 Å². The van der Waals surface area contributed by atoms with Crippen LogP contribution in [0.5, 0.6) is 0 Å². The minimum Gasteiger partial charge on any atom is -0.477 e. The lowest BCUT2D eigenvalue weighted by molar-refractivity contribution is 0.0689. The molecule has 1 N–H and O–H groups in total. The summed E-state index contributed by atoms with van der Waals surface area (Å²) in [4.78, 5) is 14.1. The topological polar surface area (TPSA) is 50.2 Å². The first kappa shape index (κ1) is 12.3. The number of carbonyl (C=O) groups is 1. The Morgan fingerprint density at radius 2 is 2.27 bits per heavy atom. The van der Waals surface area contributed by atoms with Gasteiger partial charge in [0.25, 0.3) is 6.43 Å². The zero-order valence-electron chi connectivity index (χ0n) is 7.18. The molecule has 3 nitrogen and oxygen atoms in total. The zero-order chi connectivity index (χ0) is 11.6. The van der Waals surface area contributed by atoms with Gasteiger partial charge in [-0.05, 0) is 6.07 Å². The molecule has 1 aromatic heterocycles. The maximum absolute atomic E-state index is 12.5. The van der Waals surface area contributed by atoms with Crippen molar-refractivity contribution < 1.29 is 18.7 Å². The Hall–Kier alpha value is -0.750. The van der Waals surface area contributed by atoms with E-state index < -0.39 is 12.4 Å². The van der Waals surface area contributed by atoms with Crippen LogP contribution in [0.1, 0.15) is 28.2 Å². The van der Waals surface area contributed by atoms with Crippen molar-refractivity contribution in [1.29, 1.82) is 0 Å². The minimum absolute atomic E-state index is 0.000509. The van der Waals surface area contributed by atoms with Crippen molar-refractivity contribution in [2.45, 2.75) is 12.3 Å². The summed E-state index contributed by atoms with van der Waals surface area (Å²) in [5.41, 5.74) is -0.810. The Morgan fingerprint density at radius 3 is 2.67 bits per heavy atom. The molecule has 0 aliphatic carbocycles. The van der Waals surface area contributed by atoms with E-state index >= 15 is 0 Å². The fraction of sp³-hybridized carbons (Fsp3) is 0.250. The second-order valence-corrected chi connectivity index (χ2v) is 3.71. The molecule has 1 rings (SSSR count). The molecule has 0 aliphatic rings. The van der Waals surface area contributed by atoms with E-state index in [0.717, 1.165) is 6.07 Å². The lowest BCUT2D eigenvalue weighted by Gasteiger charge is -2.08. The summed E-state index contributed by atoms with van der Waals surface area (Å²) in [5, 5.41) is 8.64. The molecule has 15 heavy (non-hydrogen) atoms. The summed E-state index contributed by atoms with van der Waals surface area (Å²) in [6.45, 7) is 0. The highest BCUT2D eigenvalue weighted by Gasteiger charge is 2.20. The molecule has 1 aromatic rings. The molecule has 0 unspecified atom stereocenters. The predicted octanol–water partition coefficient (Wildman–Crippen LogP) is 3.22. The van der Waals surface area contributed by atoms with Crippen molar-refractivity contribution in [3.05, 3.63) is 27.5 Å². The van der Waals surface area contributed by atoms with Crippen LogP contribution in [0.3, 0.4) is 0 Å². The van der Waals surface area contributed by atoms with Crippen LogP contribution >= 0.6 is 27.5 Å². The summed E-state index contributed by atoms with van der Waals surface area (Å²) < 4.78 is 25.1. The van der Waals surface area contributed by atoms with Gasteiger partial charge in [0.05, 0.1) is 17.1 Å². The molecular formula is C8H5BrClF2NO2. The number of aromatic nitrogens is 1. The van der Waals surface area contributed by atoms with Crippen LogP contribution in [0.2, 0.25) is 0 Å². The molecule has 0 atom stereocenters. The molecule has 0 aromatic carbocycles. The second-order valence-electron chi connectivity index (χ2n) is 2.59. The number of carboxylic acids is 1. The van der Waals surface area contributed by atoms with Gasteiger partial charge in [0, 0.05) is 4.47 Å². The molecule has 0 radical (unpaired) electrons. The third kappa shape index (κ3) is 2.63. The first-order chi connectivity index (χ1) is 6.97. The van der Waals surface area contributed by atoms with E-state index in [1.807, 2.05) is 0 Å². The molecule has 0 aliphatic heterocycles.